The first-order valence-electron chi connectivity index (χ1n) is 6.62. The van der Waals surface area contributed by atoms with Gasteiger partial charge in [0.15, 0.2) is 6.61 Å². The van der Waals surface area contributed by atoms with Crippen molar-refractivity contribution < 1.29 is 14.3 Å². The second kappa shape index (κ2) is 7.77. The maximum absolute atomic E-state index is 12.0. The van der Waals surface area contributed by atoms with E-state index in [1.54, 1.807) is 30.3 Å². The van der Waals surface area contributed by atoms with Crippen molar-refractivity contribution in [2.75, 3.05) is 19.0 Å². The van der Waals surface area contributed by atoms with Crippen LogP contribution in [-0.2, 0) is 4.79 Å². The Labute approximate surface area is 149 Å². The number of methoxy groups -OCH3 is 1. The zero-order valence-corrected chi connectivity index (χ0v) is 14.7. The molecular formula is C16H14Cl3NO3. The predicted molar refractivity (Wildman–Crippen MR) is 93.3 cm³/mol. The molecule has 0 bridgehead atoms. The van der Waals surface area contributed by atoms with Gasteiger partial charge in [0.1, 0.15) is 11.5 Å². The maximum atomic E-state index is 12.0. The van der Waals surface area contributed by atoms with Gasteiger partial charge >= 0.3 is 0 Å². The van der Waals surface area contributed by atoms with Gasteiger partial charge < -0.3 is 14.8 Å². The molecule has 0 atom stereocenters. The van der Waals surface area contributed by atoms with Gasteiger partial charge in [0, 0.05) is 16.1 Å². The van der Waals surface area contributed by atoms with Crippen molar-refractivity contribution in [3.05, 3.63) is 51.0 Å². The maximum Gasteiger partial charge on any atom is 0.262 e. The number of nitrogens with one attached hydrogen (secondary N) is 1. The first-order valence-corrected chi connectivity index (χ1v) is 7.76. The summed E-state index contributed by atoms with van der Waals surface area (Å²) >= 11 is 17.8. The Bertz CT molecular complexity index is 735. The summed E-state index contributed by atoms with van der Waals surface area (Å²) in [6.07, 6.45) is 0. The molecule has 0 heterocycles. The van der Waals surface area contributed by atoms with E-state index in [-0.39, 0.29) is 12.5 Å². The number of amides is 1. The van der Waals surface area contributed by atoms with Crippen LogP contribution < -0.4 is 14.8 Å². The van der Waals surface area contributed by atoms with E-state index in [4.69, 9.17) is 44.3 Å². The number of aryl methyl sites for hydroxylation is 1. The molecule has 0 aromatic heterocycles. The molecule has 2 aromatic rings. The highest BCUT2D eigenvalue weighted by Gasteiger charge is 2.12. The summed E-state index contributed by atoms with van der Waals surface area (Å²) in [6, 6.07) is 8.15. The van der Waals surface area contributed by atoms with Gasteiger partial charge in [-0.15, -0.1) is 0 Å². The van der Waals surface area contributed by atoms with Crippen LogP contribution in [0.3, 0.4) is 0 Å². The molecule has 0 unspecified atom stereocenters. The van der Waals surface area contributed by atoms with Crippen molar-refractivity contribution >= 4 is 46.4 Å². The molecule has 0 radical (unpaired) electrons. The smallest absolute Gasteiger partial charge is 0.262 e. The van der Waals surface area contributed by atoms with Gasteiger partial charge in [-0.1, -0.05) is 34.8 Å². The number of carbonyl (C=O) groups is 1. The highest BCUT2D eigenvalue weighted by molar-refractivity contribution is 6.35. The van der Waals surface area contributed by atoms with Crippen LogP contribution in [0.15, 0.2) is 30.3 Å². The lowest BCUT2D eigenvalue weighted by Gasteiger charge is -2.13. The Balaban J connectivity index is 2.04. The van der Waals surface area contributed by atoms with Gasteiger partial charge in [-0.05, 0) is 36.8 Å². The minimum absolute atomic E-state index is 0.202. The quantitative estimate of drug-likeness (QED) is 0.803. The lowest BCUT2D eigenvalue weighted by molar-refractivity contribution is -0.118. The normalized spacial score (nSPS) is 10.3. The highest BCUT2D eigenvalue weighted by Crippen LogP contribution is 2.31. The lowest BCUT2D eigenvalue weighted by atomic mass is 10.2. The molecule has 0 saturated heterocycles. The van der Waals surface area contributed by atoms with Gasteiger partial charge in [-0.3, -0.25) is 4.79 Å². The minimum atomic E-state index is -0.351. The molecule has 122 valence electrons. The largest absolute Gasteiger partial charge is 0.495 e. The SMILES string of the molecule is COc1cc(Cl)c(C)cc1NC(=O)COc1ccc(Cl)cc1Cl. The Morgan fingerprint density at radius 3 is 2.48 bits per heavy atom. The van der Waals surface area contributed by atoms with Crippen LogP contribution in [0.25, 0.3) is 0 Å². The molecule has 0 aliphatic rings. The summed E-state index contributed by atoms with van der Waals surface area (Å²) in [6.45, 7) is 1.63. The van der Waals surface area contributed by atoms with E-state index in [9.17, 15) is 4.79 Å². The molecule has 1 amide bonds. The van der Waals surface area contributed by atoms with Crippen LogP contribution in [-0.4, -0.2) is 19.6 Å². The molecule has 0 aliphatic carbocycles. The number of benzene rings is 2. The summed E-state index contributed by atoms with van der Waals surface area (Å²) in [5.74, 6) is 0.500. The number of anilines is 1. The Kier molecular flexibility index (Phi) is 5.99. The van der Waals surface area contributed by atoms with Gasteiger partial charge in [0.05, 0.1) is 17.8 Å². The fraction of sp³-hybridized carbons (Fsp3) is 0.188. The molecule has 1 N–H and O–H groups in total. The van der Waals surface area contributed by atoms with Gasteiger partial charge in [0.2, 0.25) is 0 Å². The lowest BCUT2D eigenvalue weighted by Crippen LogP contribution is -2.20. The fourth-order valence-corrected chi connectivity index (χ4v) is 2.47. The van der Waals surface area contributed by atoms with Crippen LogP contribution in [0.1, 0.15) is 5.56 Å². The van der Waals surface area contributed by atoms with Crippen molar-refractivity contribution in [2.45, 2.75) is 6.92 Å². The molecule has 0 aliphatic heterocycles. The highest BCUT2D eigenvalue weighted by atomic mass is 35.5. The summed E-state index contributed by atoms with van der Waals surface area (Å²) in [4.78, 5) is 12.0. The first kappa shape index (κ1) is 17.7. The molecule has 4 nitrogen and oxygen atoms in total. The molecule has 2 aromatic carbocycles. The minimum Gasteiger partial charge on any atom is -0.495 e. The summed E-state index contributed by atoms with van der Waals surface area (Å²) in [7, 11) is 1.50. The second-order valence-electron chi connectivity index (χ2n) is 4.71. The van der Waals surface area contributed by atoms with Gasteiger partial charge in [-0.2, -0.15) is 0 Å². The molecule has 0 fully saturated rings. The Morgan fingerprint density at radius 2 is 1.83 bits per heavy atom. The number of carbonyl (C=O) groups excluding carboxylic acids is 1. The van der Waals surface area contributed by atoms with Crippen molar-refractivity contribution in [3.8, 4) is 11.5 Å². The standard InChI is InChI=1S/C16H14Cl3NO3/c1-9-5-13(15(22-2)7-11(9)18)20-16(21)8-23-14-4-3-10(17)6-12(14)19/h3-7H,8H2,1-2H3,(H,20,21). The molecule has 0 saturated carbocycles. The average molecular weight is 375 g/mol. The molecule has 23 heavy (non-hydrogen) atoms. The number of ether oxygens (including phenoxy) is 2. The first-order chi connectivity index (χ1) is 10.9. The van der Waals surface area contributed by atoms with E-state index >= 15 is 0 Å². The van der Waals surface area contributed by atoms with Crippen LogP contribution in [0.2, 0.25) is 15.1 Å². The number of rotatable bonds is 5. The Morgan fingerprint density at radius 1 is 1.09 bits per heavy atom. The van der Waals surface area contributed by atoms with Crippen molar-refractivity contribution in [3.63, 3.8) is 0 Å². The molecule has 0 spiro atoms. The number of hydrogen-bond donors (Lipinski definition) is 1. The predicted octanol–water partition coefficient (Wildman–Crippen LogP) is 4.98. The van der Waals surface area contributed by atoms with E-state index < -0.39 is 0 Å². The fourth-order valence-electron chi connectivity index (χ4n) is 1.85. The van der Waals surface area contributed by atoms with Crippen LogP contribution in [0.5, 0.6) is 11.5 Å². The molecular weight excluding hydrogens is 361 g/mol. The topological polar surface area (TPSA) is 47.6 Å². The number of halogens is 3. The van der Waals surface area contributed by atoms with Crippen molar-refractivity contribution in [1.29, 1.82) is 0 Å². The van der Waals surface area contributed by atoms with E-state index in [1.165, 1.54) is 7.11 Å². The molecule has 2 rings (SSSR count). The number of hydrogen-bond acceptors (Lipinski definition) is 3. The Hall–Kier alpha value is -1.62. The third-order valence-corrected chi connectivity index (χ3v) is 3.95. The molecule has 7 heteroatoms. The van der Waals surface area contributed by atoms with Crippen LogP contribution in [0.4, 0.5) is 5.69 Å². The second-order valence-corrected chi connectivity index (χ2v) is 5.96. The average Bonchev–Trinajstić information content (AvgIpc) is 2.49. The summed E-state index contributed by atoms with van der Waals surface area (Å²) in [5, 5.41) is 4.11. The van der Waals surface area contributed by atoms with E-state index in [2.05, 4.69) is 5.32 Å². The summed E-state index contributed by atoms with van der Waals surface area (Å²) < 4.78 is 10.6. The third-order valence-electron chi connectivity index (χ3n) is 3.01. The van der Waals surface area contributed by atoms with Gasteiger partial charge in [0.25, 0.3) is 5.91 Å². The monoisotopic (exact) mass is 373 g/mol. The summed E-state index contributed by atoms with van der Waals surface area (Å²) in [5.41, 5.74) is 1.34. The van der Waals surface area contributed by atoms with Crippen molar-refractivity contribution in [2.24, 2.45) is 0 Å². The third kappa shape index (κ3) is 4.67. The van der Waals surface area contributed by atoms with Crippen LogP contribution >= 0.6 is 34.8 Å². The van der Waals surface area contributed by atoms with E-state index in [0.717, 1.165) is 5.56 Å². The van der Waals surface area contributed by atoms with Crippen LogP contribution in [0, 0.1) is 6.92 Å². The van der Waals surface area contributed by atoms with Gasteiger partial charge in [-0.25, -0.2) is 0 Å². The zero-order chi connectivity index (χ0) is 17.0. The van der Waals surface area contributed by atoms with Crippen molar-refractivity contribution in [1.82, 2.24) is 0 Å². The van der Waals surface area contributed by atoms with E-state index in [1.807, 2.05) is 6.92 Å². The van der Waals surface area contributed by atoms with E-state index in [0.29, 0.717) is 32.3 Å². The zero-order valence-electron chi connectivity index (χ0n) is 12.5.